The average molecular weight is 269 g/mol. The maximum Gasteiger partial charge on any atom is 0.427 e. The summed E-state index contributed by atoms with van der Waals surface area (Å²) < 4.78 is 5.04. The van der Waals surface area contributed by atoms with Crippen molar-refractivity contribution in [3.8, 4) is 0 Å². The summed E-state index contributed by atoms with van der Waals surface area (Å²) in [5.74, 6) is -0.379. The molecule has 2 aliphatic heterocycles. The third-order valence-corrected chi connectivity index (χ3v) is 3.05. The third-order valence-electron chi connectivity index (χ3n) is 3.05. The summed E-state index contributed by atoms with van der Waals surface area (Å²) >= 11 is 0. The quantitative estimate of drug-likeness (QED) is 0.726. The van der Waals surface area contributed by atoms with Gasteiger partial charge in [-0.15, -0.1) is 0 Å². The van der Waals surface area contributed by atoms with Crippen molar-refractivity contribution in [3.05, 3.63) is 0 Å². The van der Waals surface area contributed by atoms with Gasteiger partial charge in [-0.1, -0.05) is 0 Å². The van der Waals surface area contributed by atoms with E-state index in [1.54, 1.807) is 20.8 Å². The molecule has 4 amide bonds. The number of fused-ring (bicyclic) bond motifs is 1. The summed E-state index contributed by atoms with van der Waals surface area (Å²) in [5, 5.41) is 0.768. The molecule has 2 fully saturated rings. The van der Waals surface area contributed by atoms with Crippen molar-refractivity contribution in [2.45, 2.75) is 51.7 Å². The summed E-state index contributed by atoms with van der Waals surface area (Å²) in [7, 11) is 0. The van der Waals surface area contributed by atoms with E-state index in [1.807, 2.05) is 0 Å². The van der Waals surface area contributed by atoms with Crippen molar-refractivity contribution in [2.24, 2.45) is 0 Å². The van der Waals surface area contributed by atoms with Crippen LogP contribution in [0, 0.1) is 0 Å². The van der Waals surface area contributed by atoms with Gasteiger partial charge in [-0.3, -0.25) is 4.79 Å². The molecule has 0 aromatic heterocycles. The Morgan fingerprint density at radius 1 is 1.32 bits per heavy atom. The Hall–Kier alpha value is -1.79. The van der Waals surface area contributed by atoms with E-state index >= 15 is 0 Å². The van der Waals surface area contributed by atoms with Gasteiger partial charge in [-0.25, -0.2) is 15.0 Å². The SMILES string of the molecule is CC(C)(C)OC(=O)NN1C(=O)C2CCCCN2C1=O. The zero-order valence-corrected chi connectivity index (χ0v) is 11.4. The number of nitrogens with one attached hydrogen (secondary N) is 1. The van der Waals surface area contributed by atoms with Gasteiger partial charge in [-0.05, 0) is 40.0 Å². The molecule has 0 aromatic carbocycles. The number of hydrazine groups is 1. The minimum atomic E-state index is -0.797. The van der Waals surface area contributed by atoms with Crippen LogP contribution in [-0.2, 0) is 9.53 Å². The van der Waals surface area contributed by atoms with E-state index in [0.717, 1.165) is 17.9 Å². The van der Waals surface area contributed by atoms with Crippen molar-refractivity contribution in [1.29, 1.82) is 0 Å². The lowest BCUT2D eigenvalue weighted by atomic mass is 10.0. The number of rotatable bonds is 1. The number of carbonyl (C=O) groups is 3. The van der Waals surface area contributed by atoms with E-state index in [4.69, 9.17) is 4.74 Å². The molecule has 0 spiro atoms. The first-order valence-corrected chi connectivity index (χ1v) is 6.44. The van der Waals surface area contributed by atoms with Gasteiger partial charge >= 0.3 is 12.1 Å². The van der Waals surface area contributed by atoms with Crippen LogP contribution in [0.2, 0.25) is 0 Å². The Kier molecular flexibility index (Phi) is 3.38. The van der Waals surface area contributed by atoms with Crippen molar-refractivity contribution < 1.29 is 19.1 Å². The molecule has 0 saturated carbocycles. The van der Waals surface area contributed by atoms with Crippen LogP contribution in [0.5, 0.6) is 0 Å². The molecule has 1 atom stereocenters. The average Bonchev–Trinajstić information content (AvgIpc) is 2.53. The summed E-state index contributed by atoms with van der Waals surface area (Å²) in [6.07, 6.45) is 1.65. The molecule has 7 nitrogen and oxygen atoms in total. The molecule has 106 valence electrons. The normalized spacial score (nSPS) is 23.4. The van der Waals surface area contributed by atoms with Crippen LogP contribution in [0.15, 0.2) is 0 Å². The van der Waals surface area contributed by atoms with E-state index < -0.39 is 23.8 Å². The monoisotopic (exact) mass is 269 g/mol. The lowest BCUT2D eigenvalue weighted by Crippen LogP contribution is -2.48. The minimum absolute atomic E-state index is 0.379. The number of carbonyl (C=O) groups excluding carboxylic acids is 3. The Morgan fingerprint density at radius 3 is 2.58 bits per heavy atom. The Morgan fingerprint density at radius 2 is 2.00 bits per heavy atom. The second-order valence-electron chi connectivity index (χ2n) is 5.77. The highest BCUT2D eigenvalue weighted by molar-refractivity contribution is 6.05. The fourth-order valence-electron chi connectivity index (χ4n) is 2.28. The number of amides is 4. The number of nitrogens with zero attached hydrogens (tertiary/aromatic N) is 2. The molecule has 7 heteroatoms. The first-order chi connectivity index (χ1) is 8.79. The Balaban J connectivity index is 2.03. The van der Waals surface area contributed by atoms with Gasteiger partial charge in [0.15, 0.2) is 0 Å². The molecule has 0 aliphatic carbocycles. The van der Waals surface area contributed by atoms with Gasteiger partial charge in [0.25, 0.3) is 5.91 Å². The maximum atomic E-state index is 12.0. The molecule has 0 radical (unpaired) electrons. The summed E-state index contributed by atoms with van der Waals surface area (Å²) in [5.41, 5.74) is 1.55. The third kappa shape index (κ3) is 2.80. The van der Waals surface area contributed by atoms with Gasteiger partial charge in [0.2, 0.25) is 0 Å². The standard InChI is InChI=1S/C12H19N3O4/c1-12(2,3)19-10(17)13-15-9(16)8-6-4-5-7-14(8)11(15)18/h8H,4-7H2,1-3H3,(H,13,17). The zero-order chi connectivity index (χ0) is 14.2. The molecule has 19 heavy (non-hydrogen) atoms. The first kappa shape index (κ1) is 13.6. The van der Waals surface area contributed by atoms with Crippen LogP contribution >= 0.6 is 0 Å². The van der Waals surface area contributed by atoms with Crippen LogP contribution in [0.25, 0.3) is 0 Å². The smallest absolute Gasteiger partial charge is 0.427 e. The minimum Gasteiger partial charge on any atom is -0.443 e. The van der Waals surface area contributed by atoms with Gasteiger partial charge in [0, 0.05) is 6.54 Å². The van der Waals surface area contributed by atoms with Gasteiger partial charge in [-0.2, -0.15) is 5.01 Å². The topological polar surface area (TPSA) is 79.0 Å². The van der Waals surface area contributed by atoms with Crippen LogP contribution in [-0.4, -0.2) is 46.1 Å². The second-order valence-corrected chi connectivity index (χ2v) is 5.77. The van der Waals surface area contributed by atoms with Crippen molar-refractivity contribution in [2.75, 3.05) is 6.54 Å². The van der Waals surface area contributed by atoms with Crippen LogP contribution in [0.1, 0.15) is 40.0 Å². The lowest BCUT2D eigenvalue weighted by molar-refractivity contribution is -0.130. The number of ether oxygens (including phenoxy) is 1. The summed E-state index contributed by atoms with van der Waals surface area (Å²) in [6, 6.07) is -0.906. The lowest BCUT2D eigenvalue weighted by Gasteiger charge is -2.25. The number of hydrogen-bond donors (Lipinski definition) is 1. The highest BCUT2D eigenvalue weighted by Crippen LogP contribution is 2.25. The Labute approximate surface area is 111 Å². The van der Waals surface area contributed by atoms with E-state index in [1.165, 1.54) is 4.90 Å². The summed E-state index contributed by atoms with van der Waals surface area (Å²) in [6.45, 7) is 5.69. The molecular formula is C12H19N3O4. The van der Waals surface area contributed by atoms with E-state index in [0.29, 0.717) is 13.0 Å². The van der Waals surface area contributed by atoms with Gasteiger partial charge < -0.3 is 9.64 Å². The molecule has 0 bridgehead atoms. The van der Waals surface area contributed by atoms with Crippen molar-refractivity contribution >= 4 is 18.0 Å². The van der Waals surface area contributed by atoms with Crippen LogP contribution in [0.4, 0.5) is 9.59 Å². The number of piperidine rings is 1. The predicted molar refractivity (Wildman–Crippen MR) is 66.0 cm³/mol. The number of urea groups is 1. The van der Waals surface area contributed by atoms with E-state index in [2.05, 4.69) is 5.43 Å². The fraction of sp³-hybridized carbons (Fsp3) is 0.750. The van der Waals surface area contributed by atoms with E-state index in [9.17, 15) is 14.4 Å². The molecule has 2 rings (SSSR count). The maximum absolute atomic E-state index is 12.0. The number of imide groups is 1. The van der Waals surface area contributed by atoms with Crippen molar-refractivity contribution in [3.63, 3.8) is 0 Å². The first-order valence-electron chi connectivity index (χ1n) is 6.44. The Bertz CT molecular complexity index is 392. The molecule has 1 N–H and O–H groups in total. The molecular weight excluding hydrogens is 250 g/mol. The summed E-state index contributed by atoms with van der Waals surface area (Å²) in [4.78, 5) is 37.2. The van der Waals surface area contributed by atoms with E-state index in [-0.39, 0.29) is 5.91 Å². The molecule has 0 aromatic rings. The molecule has 1 unspecified atom stereocenters. The van der Waals surface area contributed by atoms with Gasteiger partial charge in [0.05, 0.1) is 0 Å². The zero-order valence-electron chi connectivity index (χ0n) is 11.4. The van der Waals surface area contributed by atoms with Crippen LogP contribution < -0.4 is 5.43 Å². The highest BCUT2D eigenvalue weighted by Gasteiger charge is 2.47. The molecule has 2 heterocycles. The largest absolute Gasteiger partial charge is 0.443 e. The predicted octanol–water partition coefficient (Wildman–Crippen LogP) is 1.24. The second kappa shape index (κ2) is 4.71. The number of hydrogen-bond acceptors (Lipinski definition) is 4. The fourth-order valence-corrected chi connectivity index (χ4v) is 2.28. The molecule has 2 aliphatic rings. The highest BCUT2D eigenvalue weighted by atomic mass is 16.6. The van der Waals surface area contributed by atoms with Crippen LogP contribution in [0.3, 0.4) is 0 Å². The van der Waals surface area contributed by atoms with Crippen molar-refractivity contribution in [1.82, 2.24) is 15.3 Å². The van der Waals surface area contributed by atoms with Gasteiger partial charge in [0.1, 0.15) is 11.6 Å². The molecule has 2 saturated heterocycles.